The van der Waals surface area contributed by atoms with Crippen molar-refractivity contribution < 1.29 is 0 Å². The van der Waals surface area contributed by atoms with Crippen LogP contribution in [0.4, 0.5) is 0 Å². The number of nitrogens with two attached hydrogens (primary N) is 2. The quantitative estimate of drug-likeness (QED) is 0.685. The fourth-order valence-corrected chi connectivity index (χ4v) is 5.42. The molecule has 17 heavy (non-hydrogen) atoms. The number of fused-ring (bicyclic) bond motifs is 1. The van der Waals surface area contributed by atoms with E-state index in [0.717, 1.165) is 6.42 Å². The van der Waals surface area contributed by atoms with Gasteiger partial charge in [0.2, 0.25) is 0 Å². The fourth-order valence-electron chi connectivity index (χ4n) is 5.42. The summed E-state index contributed by atoms with van der Waals surface area (Å²) in [6.45, 7) is 9.20. The average molecular weight is 234 g/mol. The predicted octanol–water partition coefficient (Wildman–Crippen LogP) is 2.43. The first-order chi connectivity index (χ1) is 7.79. The van der Waals surface area contributed by atoms with Crippen molar-refractivity contribution in [1.82, 2.24) is 0 Å². The van der Waals surface area contributed by atoms with Crippen LogP contribution in [0.3, 0.4) is 0 Å². The minimum atomic E-state index is -0.118. The zero-order valence-electron chi connectivity index (χ0n) is 11.6. The van der Waals surface area contributed by atoms with Gasteiger partial charge in [-0.2, -0.15) is 0 Å². The summed E-state index contributed by atoms with van der Waals surface area (Å²) in [7, 11) is 0. The molecule has 0 spiro atoms. The van der Waals surface area contributed by atoms with E-state index < -0.39 is 0 Å². The van der Waals surface area contributed by atoms with E-state index in [-0.39, 0.29) is 16.5 Å². The molecule has 0 aromatic heterocycles. The molecular formula is C15H26N2. The molecule has 0 aliphatic heterocycles. The first-order valence-electron chi connectivity index (χ1n) is 7.04. The van der Waals surface area contributed by atoms with Gasteiger partial charge in [0.15, 0.2) is 0 Å². The van der Waals surface area contributed by atoms with Crippen LogP contribution in [0.2, 0.25) is 0 Å². The molecule has 0 radical (unpaired) electrons. The van der Waals surface area contributed by atoms with Gasteiger partial charge in [0.05, 0.1) is 0 Å². The molecule has 2 saturated carbocycles. The van der Waals surface area contributed by atoms with E-state index in [9.17, 15) is 0 Å². The zero-order valence-corrected chi connectivity index (χ0v) is 11.6. The summed E-state index contributed by atoms with van der Waals surface area (Å²) in [5.74, 6) is 1.90. The predicted molar refractivity (Wildman–Crippen MR) is 71.4 cm³/mol. The lowest BCUT2D eigenvalue weighted by molar-refractivity contribution is -0.214. The molecule has 4 rings (SSSR count). The number of hydrogen-bond donors (Lipinski definition) is 2. The minimum absolute atomic E-state index is 0.0333. The highest BCUT2D eigenvalue weighted by Gasteiger charge is 2.79. The Morgan fingerprint density at radius 1 is 1.35 bits per heavy atom. The van der Waals surface area contributed by atoms with Crippen LogP contribution >= 0.6 is 0 Å². The summed E-state index contributed by atoms with van der Waals surface area (Å²) < 4.78 is 0. The van der Waals surface area contributed by atoms with Gasteiger partial charge >= 0.3 is 0 Å². The maximum atomic E-state index is 6.84. The van der Waals surface area contributed by atoms with E-state index in [0.29, 0.717) is 17.8 Å². The lowest BCUT2D eigenvalue weighted by atomic mass is 9.28. The largest absolute Gasteiger partial charge is 0.324 e. The molecule has 4 bridgehead atoms. The van der Waals surface area contributed by atoms with Crippen LogP contribution in [0.1, 0.15) is 47.0 Å². The maximum Gasteiger partial charge on any atom is 0.0487 e. The van der Waals surface area contributed by atoms with Crippen molar-refractivity contribution in [2.24, 2.45) is 34.6 Å². The molecule has 4 aliphatic carbocycles. The zero-order chi connectivity index (χ0) is 12.6. The third-order valence-corrected chi connectivity index (χ3v) is 6.65. The standard InChI is InChI=1S/C15H26N2/c1-9(2)11-6-7-13(4)14(16)8-5-10(3)15(13,17)12(11)14/h5,9,11-12H,6-8,16-17H2,1-4H3/t11-,12+,13+,14+,15-/m0/s1. The Morgan fingerprint density at radius 2 is 2.00 bits per heavy atom. The summed E-state index contributed by atoms with van der Waals surface area (Å²) in [5, 5.41) is 0. The van der Waals surface area contributed by atoms with E-state index in [1.54, 1.807) is 0 Å². The molecule has 2 heteroatoms. The second kappa shape index (κ2) is 2.97. The summed E-state index contributed by atoms with van der Waals surface area (Å²) in [5.41, 5.74) is 15.0. The van der Waals surface area contributed by atoms with Crippen molar-refractivity contribution >= 4 is 0 Å². The lowest BCUT2D eigenvalue weighted by Gasteiger charge is -2.80. The van der Waals surface area contributed by atoms with Crippen LogP contribution in [-0.4, -0.2) is 11.1 Å². The molecule has 0 amide bonds. The Hall–Kier alpha value is -0.340. The van der Waals surface area contributed by atoms with Crippen LogP contribution in [0.15, 0.2) is 11.6 Å². The normalized spacial score (nSPS) is 56.5. The maximum absolute atomic E-state index is 6.84. The van der Waals surface area contributed by atoms with E-state index in [1.165, 1.54) is 18.4 Å². The molecule has 0 saturated heterocycles. The smallest absolute Gasteiger partial charge is 0.0487 e. The van der Waals surface area contributed by atoms with E-state index in [1.807, 2.05) is 0 Å². The summed E-state index contributed by atoms with van der Waals surface area (Å²) in [4.78, 5) is 0. The molecule has 5 atom stereocenters. The second-order valence-corrected chi connectivity index (χ2v) is 7.26. The van der Waals surface area contributed by atoms with Crippen molar-refractivity contribution in [3.05, 3.63) is 11.6 Å². The molecule has 0 aromatic carbocycles. The number of rotatable bonds is 1. The molecule has 0 unspecified atom stereocenters. The van der Waals surface area contributed by atoms with Gasteiger partial charge < -0.3 is 11.5 Å². The first-order valence-corrected chi connectivity index (χ1v) is 7.04. The average Bonchev–Trinajstić information content (AvgIpc) is 2.26. The molecule has 96 valence electrons. The van der Waals surface area contributed by atoms with Crippen molar-refractivity contribution in [3.63, 3.8) is 0 Å². The molecule has 0 aromatic rings. The van der Waals surface area contributed by atoms with Gasteiger partial charge in [0, 0.05) is 22.4 Å². The molecule has 4 aliphatic rings. The van der Waals surface area contributed by atoms with Crippen LogP contribution in [0.25, 0.3) is 0 Å². The minimum Gasteiger partial charge on any atom is -0.324 e. The molecular weight excluding hydrogens is 208 g/mol. The van der Waals surface area contributed by atoms with E-state index >= 15 is 0 Å². The summed E-state index contributed by atoms with van der Waals surface area (Å²) in [6, 6.07) is 0. The molecule has 4 N–H and O–H groups in total. The summed E-state index contributed by atoms with van der Waals surface area (Å²) >= 11 is 0. The first kappa shape index (κ1) is 11.7. The SMILES string of the molecule is CC1=CC[C@@]2(N)[C@H]3[C@H](C(C)C)CC[C@@]2(C)[C@]13N. The van der Waals surface area contributed by atoms with E-state index in [4.69, 9.17) is 11.5 Å². The van der Waals surface area contributed by atoms with Crippen LogP contribution < -0.4 is 11.5 Å². The van der Waals surface area contributed by atoms with Crippen molar-refractivity contribution in [3.8, 4) is 0 Å². The van der Waals surface area contributed by atoms with Gasteiger partial charge in [-0.25, -0.2) is 0 Å². The Kier molecular flexibility index (Phi) is 2.05. The Morgan fingerprint density at radius 3 is 2.59 bits per heavy atom. The van der Waals surface area contributed by atoms with Crippen molar-refractivity contribution in [2.75, 3.05) is 0 Å². The Labute approximate surface area is 105 Å². The van der Waals surface area contributed by atoms with Gasteiger partial charge in [-0.15, -0.1) is 0 Å². The molecule has 2 fully saturated rings. The number of hydrogen-bond acceptors (Lipinski definition) is 2. The van der Waals surface area contributed by atoms with Crippen molar-refractivity contribution in [2.45, 2.75) is 58.0 Å². The fraction of sp³-hybridized carbons (Fsp3) is 0.867. The highest BCUT2D eigenvalue weighted by Crippen LogP contribution is 2.73. The third kappa shape index (κ3) is 0.943. The molecule has 2 nitrogen and oxygen atoms in total. The van der Waals surface area contributed by atoms with Gasteiger partial charge in [-0.3, -0.25) is 0 Å². The molecule has 0 heterocycles. The van der Waals surface area contributed by atoms with Crippen molar-refractivity contribution in [1.29, 1.82) is 0 Å². The van der Waals surface area contributed by atoms with Crippen LogP contribution in [0, 0.1) is 23.2 Å². The van der Waals surface area contributed by atoms with Crippen LogP contribution in [-0.2, 0) is 0 Å². The summed E-state index contributed by atoms with van der Waals surface area (Å²) in [6.07, 6.45) is 5.83. The van der Waals surface area contributed by atoms with Gasteiger partial charge in [0.1, 0.15) is 0 Å². The van der Waals surface area contributed by atoms with Crippen LogP contribution in [0.5, 0.6) is 0 Å². The highest BCUT2D eigenvalue weighted by atomic mass is 15.1. The monoisotopic (exact) mass is 234 g/mol. The third-order valence-electron chi connectivity index (χ3n) is 6.65. The second-order valence-electron chi connectivity index (χ2n) is 7.26. The highest BCUT2D eigenvalue weighted by molar-refractivity contribution is 5.47. The lowest BCUT2D eigenvalue weighted by Crippen LogP contribution is -2.91. The topological polar surface area (TPSA) is 52.0 Å². The Balaban J connectivity index is 2.12. The van der Waals surface area contributed by atoms with E-state index in [2.05, 4.69) is 33.8 Å². The Bertz CT molecular complexity index is 400. The van der Waals surface area contributed by atoms with Gasteiger partial charge in [0.25, 0.3) is 0 Å². The van der Waals surface area contributed by atoms with Gasteiger partial charge in [-0.1, -0.05) is 32.4 Å². The van der Waals surface area contributed by atoms with Gasteiger partial charge in [-0.05, 0) is 38.0 Å².